The summed E-state index contributed by atoms with van der Waals surface area (Å²) in [5.74, 6) is 0. The Morgan fingerprint density at radius 3 is 2.29 bits per heavy atom. The lowest BCUT2D eigenvalue weighted by atomic mass is 10.3. The Bertz CT molecular complexity index is 166. The fourth-order valence-electron chi connectivity index (χ4n) is 0.896. The first-order chi connectivity index (χ1) is 6.43. The number of halogens is 4. The third kappa shape index (κ3) is 11.1. The maximum absolute atomic E-state index is 9.75. The van der Waals surface area contributed by atoms with Crippen molar-refractivity contribution < 1.29 is 17.3 Å². The van der Waals surface area contributed by atoms with E-state index in [1.165, 1.54) is 19.4 Å². The number of unbranched alkanes of at least 4 members (excludes halogenated alkanes) is 1. The molecule has 0 aromatic carbocycles. The Morgan fingerprint density at radius 1 is 1.36 bits per heavy atom. The normalized spacial score (nSPS) is 14.8. The molecule has 1 N–H and O–H groups in total. The Kier molecular flexibility index (Phi) is 6.15. The number of nitrogens with one attached hydrogen (secondary N) is 1. The van der Waals surface area contributed by atoms with Gasteiger partial charge in [0.2, 0.25) is 0 Å². The summed E-state index contributed by atoms with van der Waals surface area (Å²) in [6.45, 7) is 4.41. The molecule has 0 saturated carbocycles. The van der Waals surface area contributed by atoms with E-state index in [-0.39, 0.29) is 0 Å². The van der Waals surface area contributed by atoms with Crippen LogP contribution in [0.5, 0.6) is 0 Å². The van der Waals surface area contributed by atoms with Crippen LogP contribution in [0.15, 0.2) is 12.4 Å². The number of hydrogen-bond acceptors (Lipinski definition) is 2. The summed E-state index contributed by atoms with van der Waals surface area (Å²) in [4.78, 5) is 2.28. The van der Waals surface area contributed by atoms with Crippen molar-refractivity contribution in [1.82, 2.24) is 10.2 Å². The van der Waals surface area contributed by atoms with Crippen LogP contribution in [0.25, 0.3) is 0 Å². The quantitative estimate of drug-likeness (QED) is 0.572. The molecule has 0 atom stereocenters. The lowest BCUT2D eigenvalue weighted by Crippen LogP contribution is -2.21. The summed E-state index contributed by atoms with van der Waals surface area (Å²) in [5.41, 5.74) is 0. The fraction of sp³-hybridized carbons (Fsp3) is 0.714. The topological polar surface area (TPSA) is 15.3 Å². The molecule has 1 rings (SSSR count). The summed E-state index contributed by atoms with van der Waals surface area (Å²) in [6.07, 6.45) is 6.68. The van der Waals surface area contributed by atoms with Crippen LogP contribution in [-0.4, -0.2) is 25.4 Å². The first-order valence-electron chi connectivity index (χ1n) is 4.45. The molecular weight excluding hydrogens is 199 g/mol. The van der Waals surface area contributed by atoms with Crippen LogP contribution in [-0.2, 0) is 0 Å². The molecule has 0 bridgehead atoms. The van der Waals surface area contributed by atoms with Crippen LogP contribution in [0.1, 0.15) is 19.8 Å². The monoisotopic (exact) mass is 213 g/mol. The first kappa shape index (κ1) is 13.1. The fourth-order valence-corrected chi connectivity index (χ4v) is 0.896. The second kappa shape index (κ2) is 6.56. The summed E-state index contributed by atoms with van der Waals surface area (Å²) in [7, 11) is -6.00. The Hall–Kier alpha value is -0.875. The first-order valence-corrected chi connectivity index (χ1v) is 4.45. The van der Waals surface area contributed by atoms with Gasteiger partial charge in [0.25, 0.3) is 0 Å². The van der Waals surface area contributed by atoms with Crippen molar-refractivity contribution in [2.75, 3.05) is 13.2 Å². The lowest BCUT2D eigenvalue weighted by molar-refractivity contribution is 0.368. The van der Waals surface area contributed by atoms with Crippen molar-refractivity contribution in [3.05, 3.63) is 12.4 Å². The molecule has 0 aromatic heterocycles. The highest BCUT2D eigenvalue weighted by Crippen LogP contribution is 2.06. The zero-order valence-corrected chi connectivity index (χ0v) is 8.02. The molecular formula is C7H14BF4N2-. The van der Waals surface area contributed by atoms with Gasteiger partial charge < -0.3 is 27.5 Å². The molecule has 7 heteroatoms. The van der Waals surface area contributed by atoms with Crippen molar-refractivity contribution in [3.8, 4) is 0 Å². The molecule has 0 amide bonds. The van der Waals surface area contributed by atoms with Crippen LogP contribution >= 0.6 is 0 Å². The Balaban J connectivity index is 0.000000292. The van der Waals surface area contributed by atoms with Gasteiger partial charge in [-0.05, 0) is 6.42 Å². The van der Waals surface area contributed by atoms with Crippen LogP contribution in [0.4, 0.5) is 17.3 Å². The number of hydrogen-bond donors (Lipinski definition) is 1. The van der Waals surface area contributed by atoms with Gasteiger partial charge in [-0.15, -0.1) is 0 Å². The molecule has 0 fully saturated rings. The van der Waals surface area contributed by atoms with Gasteiger partial charge in [-0.25, -0.2) is 0 Å². The maximum Gasteiger partial charge on any atom is 0.673 e. The zero-order valence-electron chi connectivity index (χ0n) is 8.02. The molecule has 2 nitrogen and oxygen atoms in total. The van der Waals surface area contributed by atoms with Crippen molar-refractivity contribution in [2.45, 2.75) is 19.8 Å². The van der Waals surface area contributed by atoms with Gasteiger partial charge >= 0.3 is 7.25 Å². The van der Waals surface area contributed by atoms with Crippen molar-refractivity contribution in [2.24, 2.45) is 0 Å². The van der Waals surface area contributed by atoms with Crippen LogP contribution in [0.3, 0.4) is 0 Å². The summed E-state index contributed by atoms with van der Waals surface area (Å²) in [6, 6.07) is 0. The van der Waals surface area contributed by atoms with E-state index >= 15 is 0 Å². The van der Waals surface area contributed by atoms with Crippen LogP contribution < -0.4 is 5.32 Å². The average Bonchev–Trinajstić information content (AvgIpc) is 2.49. The molecule has 1 aliphatic heterocycles. The highest BCUT2D eigenvalue weighted by atomic mass is 19.5. The highest BCUT2D eigenvalue weighted by Gasteiger charge is 2.20. The number of nitrogens with zero attached hydrogens (tertiary/aromatic N) is 1. The third-order valence-corrected chi connectivity index (χ3v) is 1.50. The molecule has 0 spiro atoms. The van der Waals surface area contributed by atoms with Gasteiger partial charge in [-0.3, -0.25) is 0 Å². The average molecular weight is 213 g/mol. The minimum atomic E-state index is -6.00. The van der Waals surface area contributed by atoms with Crippen molar-refractivity contribution >= 4 is 7.25 Å². The van der Waals surface area contributed by atoms with E-state index < -0.39 is 7.25 Å². The van der Waals surface area contributed by atoms with Crippen molar-refractivity contribution in [3.63, 3.8) is 0 Å². The molecule has 84 valence electrons. The minimum absolute atomic E-state index is 1.00. The van der Waals surface area contributed by atoms with Gasteiger partial charge in [-0.2, -0.15) is 0 Å². The number of rotatable bonds is 3. The van der Waals surface area contributed by atoms with E-state index in [4.69, 9.17) is 0 Å². The Morgan fingerprint density at radius 2 is 1.93 bits per heavy atom. The summed E-state index contributed by atoms with van der Waals surface area (Å²) < 4.78 is 39.0. The predicted molar refractivity (Wildman–Crippen MR) is 48.9 cm³/mol. The summed E-state index contributed by atoms with van der Waals surface area (Å²) in [5, 5.41) is 3.13. The molecule has 0 aromatic rings. The standard InChI is InChI=1S/C7H14N2.BF4/c1-2-3-5-9-6-4-8-7-9;2-1(3,4)5/h4,6,8H,2-3,5,7H2,1H3;/q;-1. The zero-order chi connectivity index (χ0) is 11.0. The van der Waals surface area contributed by atoms with Gasteiger partial charge in [0.05, 0.1) is 6.67 Å². The molecule has 0 unspecified atom stereocenters. The molecule has 0 radical (unpaired) electrons. The minimum Gasteiger partial charge on any atom is -0.418 e. The maximum atomic E-state index is 9.75. The van der Waals surface area contributed by atoms with Gasteiger partial charge in [0, 0.05) is 18.9 Å². The third-order valence-electron chi connectivity index (χ3n) is 1.50. The van der Waals surface area contributed by atoms with Crippen LogP contribution in [0, 0.1) is 0 Å². The van der Waals surface area contributed by atoms with E-state index in [1.54, 1.807) is 0 Å². The molecule has 0 aliphatic carbocycles. The molecule has 0 saturated heterocycles. The molecule has 1 heterocycles. The van der Waals surface area contributed by atoms with Gasteiger partial charge in [0.1, 0.15) is 0 Å². The molecule has 1 aliphatic rings. The Labute approximate surface area is 81.1 Å². The largest absolute Gasteiger partial charge is 0.673 e. The predicted octanol–water partition coefficient (Wildman–Crippen LogP) is 2.42. The van der Waals surface area contributed by atoms with E-state index in [2.05, 4.69) is 23.3 Å². The summed E-state index contributed by atoms with van der Waals surface area (Å²) >= 11 is 0. The van der Waals surface area contributed by atoms with E-state index in [9.17, 15) is 17.3 Å². The second-order valence-electron chi connectivity index (χ2n) is 2.84. The highest BCUT2D eigenvalue weighted by molar-refractivity contribution is 6.50. The van der Waals surface area contributed by atoms with Gasteiger partial charge in [0.15, 0.2) is 0 Å². The lowest BCUT2D eigenvalue weighted by Gasteiger charge is -2.12. The smallest absolute Gasteiger partial charge is 0.418 e. The van der Waals surface area contributed by atoms with E-state index in [0.717, 1.165) is 6.67 Å². The SMILES string of the molecule is CCCCN1C=CNC1.F[B-](F)(F)F. The second-order valence-corrected chi connectivity index (χ2v) is 2.84. The van der Waals surface area contributed by atoms with E-state index in [1.807, 2.05) is 6.20 Å². The van der Waals surface area contributed by atoms with Crippen molar-refractivity contribution in [1.29, 1.82) is 0 Å². The molecule has 14 heavy (non-hydrogen) atoms. The van der Waals surface area contributed by atoms with Crippen LogP contribution in [0.2, 0.25) is 0 Å². The van der Waals surface area contributed by atoms with E-state index in [0.29, 0.717) is 0 Å². The van der Waals surface area contributed by atoms with Gasteiger partial charge in [-0.1, -0.05) is 13.3 Å².